The minimum Gasteiger partial charge on any atom is -0.346 e. The monoisotopic (exact) mass is 568 g/mol. The van der Waals surface area contributed by atoms with Gasteiger partial charge in [-0.25, -0.2) is 14.4 Å². The Hall–Kier alpha value is -4.60. The predicted molar refractivity (Wildman–Crippen MR) is 160 cm³/mol. The molecule has 1 aliphatic carbocycles. The minimum atomic E-state index is -0.533. The summed E-state index contributed by atoms with van der Waals surface area (Å²) >= 11 is 0. The molecule has 1 saturated heterocycles. The number of piperidine rings is 1. The molecule has 42 heavy (non-hydrogen) atoms. The normalized spacial score (nSPS) is 17.8. The van der Waals surface area contributed by atoms with Crippen LogP contribution in [0.3, 0.4) is 0 Å². The molecule has 2 fully saturated rings. The van der Waals surface area contributed by atoms with Gasteiger partial charge in [0, 0.05) is 49.6 Å². The lowest BCUT2D eigenvalue weighted by atomic mass is 9.88. The van der Waals surface area contributed by atoms with Gasteiger partial charge in [0.1, 0.15) is 11.6 Å². The average molecular weight is 569 g/mol. The summed E-state index contributed by atoms with van der Waals surface area (Å²) in [6, 6.07) is 11.6. The van der Waals surface area contributed by atoms with Crippen LogP contribution in [0.5, 0.6) is 0 Å². The lowest BCUT2D eigenvalue weighted by molar-refractivity contribution is -0.132. The first kappa shape index (κ1) is 27.6. The molecule has 4 heterocycles. The fourth-order valence-corrected chi connectivity index (χ4v) is 5.92. The third-order valence-electron chi connectivity index (χ3n) is 8.40. The largest absolute Gasteiger partial charge is 0.346 e. The zero-order chi connectivity index (χ0) is 29.2. The molecule has 3 N–H and O–H groups in total. The molecular weight excluding hydrogens is 535 g/mol. The number of likely N-dealkylation sites (tertiary alicyclic amines) is 1. The highest BCUT2D eigenvalue weighted by Crippen LogP contribution is 2.33. The van der Waals surface area contributed by atoms with Crippen molar-refractivity contribution in [2.45, 2.75) is 50.9 Å². The Morgan fingerprint density at radius 2 is 1.88 bits per heavy atom. The number of hydrogen-bond donors (Lipinski definition) is 3. The minimum absolute atomic E-state index is 0.0371. The number of halogens is 1. The predicted octanol–water partition coefficient (Wildman–Crippen LogP) is 5.72. The number of amides is 2. The van der Waals surface area contributed by atoms with Gasteiger partial charge in [0.25, 0.3) is 5.56 Å². The first-order valence-electron chi connectivity index (χ1n) is 14.5. The van der Waals surface area contributed by atoms with E-state index < -0.39 is 5.82 Å². The Morgan fingerprint density at radius 3 is 2.62 bits per heavy atom. The maximum Gasteiger partial charge on any atom is 0.259 e. The van der Waals surface area contributed by atoms with Crippen LogP contribution in [0.15, 0.2) is 59.7 Å². The van der Waals surface area contributed by atoms with Gasteiger partial charge in [-0.05, 0) is 67.1 Å². The zero-order valence-corrected chi connectivity index (χ0v) is 23.5. The first-order chi connectivity index (χ1) is 20.4. The summed E-state index contributed by atoms with van der Waals surface area (Å²) in [6.45, 7) is 0.711. The Labute approximate surface area is 242 Å². The lowest BCUT2D eigenvalue weighted by Gasteiger charge is -2.28. The molecule has 1 aromatic carbocycles. The van der Waals surface area contributed by atoms with Gasteiger partial charge >= 0.3 is 0 Å². The topological polar surface area (TPSA) is 120 Å². The standard InChI is InChI=1S/C32H33FN6O3/c1-39-14-12-20(15-29(39)40)21-7-10-28(35-18-21)38-27-17-26(37-25-11-13-34-32(42)30(25)27)23-9-8-22(16-24(23)33)36-31(41)19-5-3-2-4-6-19/h7-11,13,16-20H,2-6,12,14-15H2,1H3,(H,34,42)(H,36,41)(H,35,37,38). The molecule has 2 aliphatic rings. The first-order valence-corrected chi connectivity index (χ1v) is 14.5. The molecule has 0 spiro atoms. The van der Waals surface area contributed by atoms with Crippen molar-refractivity contribution in [1.29, 1.82) is 0 Å². The molecule has 2 amide bonds. The highest BCUT2D eigenvalue weighted by atomic mass is 19.1. The fraction of sp³-hybridized carbons (Fsp3) is 0.344. The number of pyridine rings is 3. The summed E-state index contributed by atoms with van der Waals surface area (Å²) in [6.07, 6.45) is 9.52. The number of aromatic nitrogens is 3. The van der Waals surface area contributed by atoms with Gasteiger partial charge in [0.15, 0.2) is 0 Å². The van der Waals surface area contributed by atoms with E-state index in [1.165, 1.54) is 12.3 Å². The van der Waals surface area contributed by atoms with E-state index in [2.05, 4.69) is 25.6 Å². The third kappa shape index (κ3) is 5.74. The van der Waals surface area contributed by atoms with Crippen molar-refractivity contribution < 1.29 is 14.0 Å². The van der Waals surface area contributed by atoms with Gasteiger partial charge in [-0.15, -0.1) is 0 Å². The van der Waals surface area contributed by atoms with Gasteiger partial charge in [-0.1, -0.05) is 25.3 Å². The summed E-state index contributed by atoms with van der Waals surface area (Å²) in [7, 11) is 1.81. The van der Waals surface area contributed by atoms with Gasteiger partial charge in [-0.3, -0.25) is 14.4 Å². The zero-order valence-electron chi connectivity index (χ0n) is 23.5. The number of anilines is 3. The number of hydrogen-bond acceptors (Lipinski definition) is 6. The van der Waals surface area contributed by atoms with E-state index in [9.17, 15) is 14.4 Å². The molecule has 0 radical (unpaired) electrons. The van der Waals surface area contributed by atoms with E-state index in [1.54, 1.807) is 35.4 Å². The lowest BCUT2D eigenvalue weighted by Crippen LogP contribution is -2.34. The molecule has 0 bridgehead atoms. The van der Waals surface area contributed by atoms with Crippen molar-refractivity contribution >= 4 is 39.9 Å². The number of carbonyl (C=O) groups excluding carboxylic acids is 2. The van der Waals surface area contributed by atoms with Crippen molar-refractivity contribution in [3.63, 3.8) is 0 Å². The van der Waals surface area contributed by atoms with Crippen molar-refractivity contribution in [2.24, 2.45) is 5.92 Å². The summed E-state index contributed by atoms with van der Waals surface area (Å²) in [5, 5.41) is 6.39. The number of nitrogens with one attached hydrogen (secondary N) is 3. The molecule has 1 unspecified atom stereocenters. The van der Waals surface area contributed by atoms with Crippen LogP contribution in [-0.2, 0) is 9.59 Å². The number of rotatable bonds is 6. The second-order valence-corrected chi connectivity index (χ2v) is 11.2. The Bertz CT molecular complexity index is 1700. The van der Waals surface area contributed by atoms with Crippen LogP contribution >= 0.6 is 0 Å². The SMILES string of the molecule is CN1CCC(c2ccc(Nc3cc(-c4ccc(NC(=O)C5CCCCC5)cc4F)nc4cc[nH]c(=O)c34)nc2)CC1=O. The maximum absolute atomic E-state index is 15.4. The van der Waals surface area contributed by atoms with Gasteiger partial charge in [0.2, 0.25) is 11.8 Å². The van der Waals surface area contributed by atoms with Crippen LogP contribution in [0.2, 0.25) is 0 Å². The van der Waals surface area contributed by atoms with Crippen molar-refractivity contribution in [1.82, 2.24) is 19.9 Å². The summed E-state index contributed by atoms with van der Waals surface area (Å²) in [5.74, 6) is 0.0950. The second kappa shape index (κ2) is 11.7. The smallest absolute Gasteiger partial charge is 0.259 e. The van der Waals surface area contributed by atoms with E-state index in [0.29, 0.717) is 46.8 Å². The second-order valence-electron chi connectivity index (χ2n) is 11.2. The highest BCUT2D eigenvalue weighted by Gasteiger charge is 2.25. The number of fused-ring (bicyclic) bond motifs is 1. The number of aromatic amines is 1. The van der Waals surface area contributed by atoms with E-state index in [0.717, 1.165) is 44.1 Å². The molecule has 1 saturated carbocycles. The number of carbonyl (C=O) groups is 2. The molecule has 10 heteroatoms. The van der Waals surface area contributed by atoms with Crippen LogP contribution in [0, 0.1) is 11.7 Å². The number of benzene rings is 1. The quantitative estimate of drug-likeness (QED) is 0.274. The van der Waals surface area contributed by atoms with E-state index in [-0.39, 0.29) is 34.8 Å². The molecular formula is C32H33FN6O3. The van der Waals surface area contributed by atoms with Crippen molar-refractivity contribution in [2.75, 3.05) is 24.2 Å². The van der Waals surface area contributed by atoms with Crippen LogP contribution in [0.25, 0.3) is 22.2 Å². The fourth-order valence-electron chi connectivity index (χ4n) is 5.92. The van der Waals surface area contributed by atoms with E-state index >= 15 is 4.39 Å². The van der Waals surface area contributed by atoms with E-state index in [4.69, 9.17) is 0 Å². The molecule has 216 valence electrons. The van der Waals surface area contributed by atoms with Gasteiger partial charge in [-0.2, -0.15) is 0 Å². The molecule has 3 aromatic heterocycles. The Kier molecular flexibility index (Phi) is 7.69. The van der Waals surface area contributed by atoms with Crippen LogP contribution in [-0.4, -0.2) is 45.3 Å². The maximum atomic E-state index is 15.4. The third-order valence-corrected chi connectivity index (χ3v) is 8.40. The molecule has 4 aromatic rings. The van der Waals surface area contributed by atoms with Gasteiger partial charge < -0.3 is 20.5 Å². The van der Waals surface area contributed by atoms with E-state index in [1.807, 2.05) is 19.2 Å². The molecule has 9 nitrogen and oxygen atoms in total. The Balaban J connectivity index is 1.27. The molecule has 6 rings (SSSR count). The highest BCUT2D eigenvalue weighted by molar-refractivity contribution is 5.95. The molecule has 1 atom stereocenters. The summed E-state index contributed by atoms with van der Waals surface area (Å²) < 4.78 is 15.4. The van der Waals surface area contributed by atoms with Crippen molar-refractivity contribution in [3.8, 4) is 11.3 Å². The van der Waals surface area contributed by atoms with Crippen LogP contribution in [0.1, 0.15) is 56.4 Å². The van der Waals surface area contributed by atoms with Crippen LogP contribution in [0.4, 0.5) is 21.6 Å². The van der Waals surface area contributed by atoms with Gasteiger partial charge in [0.05, 0.1) is 22.3 Å². The number of nitrogens with zero attached hydrogens (tertiary/aromatic N) is 3. The van der Waals surface area contributed by atoms with Crippen LogP contribution < -0.4 is 16.2 Å². The summed E-state index contributed by atoms with van der Waals surface area (Å²) in [4.78, 5) is 51.2. The Morgan fingerprint density at radius 1 is 1.05 bits per heavy atom. The number of H-pyrrole nitrogens is 1. The average Bonchev–Trinajstić information content (AvgIpc) is 2.99. The summed E-state index contributed by atoms with van der Waals surface area (Å²) in [5.41, 5.74) is 2.45. The molecule has 1 aliphatic heterocycles. The van der Waals surface area contributed by atoms with Crippen molar-refractivity contribution in [3.05, 3.63) is 76.6 Å².